The maximum Gasteiger partial charge on any atom is 0.259 e. The minimum absolute atomic E-state index is 0.115. The second-order valence-electron chi connectivity index (χ2n) is 10.7. The van der Waals surface area contributed by atoms with Gasteiger partial charge in [-0.3, -0.25) is 9.69 Å². The third kappa shape index (κ3) is 5.89. The Morgan fingerprint density at radius 3 is 2.09 bits per heavy atom. The predicted octanol–water partition coefficient (Wildman–Crippen LogP) is 8.16. The molecule has 0 bridgehead atoms. The van der Waals surface area contributed by atoms with Crippen molar-refractivity contribution in [3.8, 4) is 34.8 Å². The van der Waals surface area contributed by atoms with Gasteiger partial charge in [-0.05, 0) is 65.2 Å². The molecule has 7 nitrogen and oxygen atoms in total. The van der Waals surface area contributed by atoms with Gasteiger partial charge in [-0.1, -0.05) is 78.9 Å². The molecule has 1 unspecified atom stereocenters. The number of hydrogen-bond donors (Lipinski definition) is 0. The van der Waals surface area contributed by atoms with Crippen molar-refractivity contribution in [3.05, 3.63) is 155 Å². The maximum absolute atomic E-state index is 14.2. The highest BCUT2D eigenvalue weighted by Gasteiger charge is 2.47. The summed E-state index contributed by atoms with van der Waals surface area (Å²) in [5.41, 5.74) is 1.90. The molecule has 5 aromatic carbocycles. The average Bonchev–Trinajstić information content (AvgIpc) is 3.11. The van der Waals surface area contributed by atoms with Crippen molar-refractivity contribution in [2.75, 3.05) is 14.2 Å². The number of para-hydroxylation sites is 1. The first-order valence-electron chi connectivity index (χ1n) is 14.8. The minimum atomic E-state index is -1.53. The van der Waals surface area contributed by atoms with E-state index < -0.39 is 5.54 Å². The van der Waals surface area contributed by atoms with Crippen LogP contribution in [0.4, 0.5) is 0 Å². The lowest BCUT2D eigenvalue weighted by molar-refractivity contribution is 0.0692. The van der Waals surface area contributed by atoms with E-state index in [-0.39, 0.29) is 18.9 Å². The zero-order valence-corrected chi connectivity index (χ0v) is 25.6. The molecule has 0 N–H and O–H groups in total. The SMILES string of the molecule is COc1ccc(CC2(C#N)c3c(ccc(OC)c3OCc3ccccc3)C=CN2C(=O)c2ccccc2)cc1Oc1ccccc1. The van der Waals surface area contributed by atoms with Gasteiger partial charge in [0, 0.05) is 23.7 Å². The molecule has 1 aliphatic rings. The van der Waals surface area contributed by atoms with Crippen LogP contribution in [0.15, 0.2) is 128 Å². The minimum Gasteiger partial charge on any atom is -0.493 e. The fourth-order valence-electron chi connectivity index (χ4n) is 5.69. The summed E-state index contributed by atoms with van der Waals surface area (Å²) in [7, 11) is 3.14. The quantitative estimate of drug-likeness (QED) is 0.159. The van der Waals surface area contributed by atoms with E-state index in [0.717, 1.165) is 16.7 Å². The Kier molecular flexibility index (Phi) is 8.71. The van der Waals surface area contributed by atoms with Crippen LogP contribution in [0.25, 0.3) is 6.08 Å². The van der Waals surface area contributed by atoms with Crippen molar-refractivity contribution < 1.29 is 23.7 Å². The van der Waals surface area contributed by atoms with Crippen LogP contribution in [0, 0.1) is 11.3 Å². The molecule has 0 saturated carbocycles. The van der Waals surface area contributed by atoms with E-state index in [1.807, 2.05) is 97.1 Å². The van der Waals surface area contributed by atoms with Crippen molar-refractivity contribution >= 4 is 12.0 Å². The number of amides is 1. The van der Waals surface area contributed by atoms with Gasteiger partial charge in [0.1, 0.15) is 12.4 Å². The molecule has 0 aromatic heterocycles. The van der Waals surface area contributed by atoms with Crippen molar-refractivity contribution in [3.63, 3.8) is 0 Å². The monoisotopic (exact) mass is 608 g/mol. The number of nitrogens with zero attached hydrogens (tertiary/aromatic N) is 2. The first-order chi connectivity index (χ1) is 22.6. The topological polar surface area (TPSA) is 81.0 Å². The Morgan fingerprint density at radius 2 is 1.41 bits per heavy atom. The predicted molar refractivity (Wildman–Crippen MR) is 176 cm³/mol. The number of carbonyl (C=O) groups is 1. The number of nitriles is 1. The van der Waals surface area contributed by atoms with Crippen LogP contribution in [0.5, 0.6) is 28.7 Å². The maximum atomic E-state index is 14.2. The van der Waals surface area contributed by atoms with Crippen molar-refractivity contribution in [2.24, 2.45) is 0 Å². The van der Waals surface area contributed by atoms with E-state index >= 15 is 0 Å². The number of benzene rings is 5. The van der Waals surface area contributed by atoms with E-state index in [1.165, 1.54) is 4.90 Å². The van der Waals surface area contributed by atoms with Gasteiger partial charge >= 0.3 is 0 Å². The molecule has 1 amide bonds. The van der Waals surface area contributed by atoms with Crippen LogP contribution in [0.2, 0.25) is 0 Å². The summed E-state index contributed by atoms with van der Waals surface area (Å²) in [5.74, 6) is 2.19. The van der Waals surface area contributed by atoms with Crippen LogP contribution in [0.3, 0.4) is 0 Å². The number of fused-ring (bicyclic) bond motifs is 1. The van der Waals surface area contributed by atoms with Crippen LogP contribution >= 0.6 is 0 Å². The summed E-state index contributed by atoms with van der Waals surface area (Å²) in [6.45, 7) is 0.239. The molecule has 0 spiro atoms. The molecular formula is C39H32N2O5. The van der Waals surface area contributed by atoms with E-state index in [1.54, 1.807) is 50.8 Å². The molecule has 0 fully saturated rings. The highest BCUT2D eigenvalue weighted by molar-refractivity contribution is 5.97. The molecule has 6 rings (SSSR count). The molecule has 0 aliphatic carbocycles. The standard InChI is InChI=1S/C39H32N2O5/c1-43-33-20-18-29(24-35(33)46-32-16-10-5-11-17-32)25-39(27-40)36-30(22-23-41(39)38(42)31-14-8-4-9-15-31)19-21-34(44-2)37(36)45-26-28-12-6-3-7-13-28/h3-24H,25-26H2,1-2H3. The van der Waals surface area contributed by atoms with Crippen LogP contribution in [-0.4, -0.2) is 25.0 Å². The zero-order chi connectivity index (χ0) is 31.9. The number of methoxy groups -OCH3 is 2. The largest absolute Gasteiger partial charge is 0.493 e. The van der Waals surface area contributed by atoms with Crippen LogP contribution < -0.4 is 18.9 Å². The van der Waals surface area contributed by atoms with Crippen LogP contribution in [0.1, 0.15) is 32.6 Å². The summed E-state index contributed by atoms with van der Waals surface area (Å²) in [5, 5.41) is 11.3. The summed E-state index contributed by atoms with van der Waals surface area (Å²) in [6.07, 6.45) is 3.63. The van der Waals surface area contributed by atoms with Crippen molar-refractivity contribution in [2.45, 2.75) is 18.6 Å². The first kappa shape index (κ1) is 30.0. The molecule has 1 aliphatic heterocycles. The highest BCUT2D eigenvalue weighted by Crippen LogP contribution is 2.48. The van der Waals surface area contributed by atoms with E-state index in [9.17, 15) is 10.1 Å². The van der Waals surface area contributed by atoms with Crippen molar-refractivity contribution in [1.82, 2.24) is 4.90 Å². The molecule has 0 saturated heterocycles. The fourth-order valence-corrected chi connectivity index (χ4v) is 5.69. The summed E-state index contributed by atoms with van der Waals surface area (Å²) in [4.78, 5) is 15.7. The van der Waals surface area contributed by atoms with Crippen molar-refractivity contribution in [1.29, 1.82) is 5.26 Å². The lowest BCUT2D eigenvalue weighted by atomic mass is 9.78. The number of hydrogen-bond acceptors (Lipinski definition) is 6. The second kappa shape index (κ2) is 13.3. The van der Waals surface area contributed by atoms with Gasteiger partial charge in [-0.15, -0.1) is 0 Å². The molecule has 5 aromatic rings. The summed E-state index contributed by atoms with van der Waals surface area (Å²) in [6, 6.07) is 39.9. The third-order valence-electron chi connectivity index (χ3n) is 7.91. The molecule has 7 heteroatoms. The molecule has 0 radical (unpaired) electrons. The highest BCUT2D eigenvalue weighted by atomic mass is 16.5. The third-order valence-corrected chi connectivity index (χ3v) is 7.91. The Bertz CT molecular complexity index is 1900. The number of carbonyl (C=O) groups excluding carboxylic acids is 1. The average molecular weight is 609 g/mol. The summed E-state index contributed by atoms with van der Waals surface area (Å²) >= 11 is 0. The lowest BCUT2D eigenvalue weighted by Crippen LogP contribution is -2.49. The van der Waals surface area contributed by atoms with Crippen LogP contribution in [-0.2, 0) is 18.6 Å². The second-order valence-corrected chi connectivity index (χ2v) is 10.7. The molecule has 1 heterocycles. The zero-order valence-electron chi connectivity index (χ0n) is 25.6. The van der Waals surface area contributed by atoms with E-state index in [2.05, 4.69) is 6.07 Å². The Labute approximate surface area is 268 Å². The lowest BCUT2D eigenvalue weighted by Gasteiger charge is -2.41. The smallest absolute Gasteiger partial charge is 0.259 e. The Balaban J connectivity index is 1.51. The Hall–Kier alpha value is -6.00. The molecular weight excluding hydrogens is 576 g/mol. The van der Waals surface area contributed by atoms with Gasteiger partial charge in [0.25, 0.3) is 5.91 Å². The van der Waals surface area contributed by atoms with Gasteiger partial charge < -0.3 is 18.9 Å². The number of ether oxygens (including phenoxy) is 4. The molecule has 46 heavy (non-hydrogen) atoms. The molecule has 228 valence electrons. The van der Waals surface area contributed by atoms with E-state index in [0.29, 0.717) is 39.9 Å². The van der Waals surface area contributed by atoms with Gasteiger partial charge in [-0.2, -0.15) is 5.26 Å². The summed E-state index contributed by atoms with van der Waals surface area (Å²) < 4.78 is 24.1. The molecule has 1 atom stereocenters. The Morgan fingerprint density at radius 1 is 0.761 bits per heavy atom. The normalized spacial score (nSPS) is 14.9. The van der Waals surface area contributed by atoms with Gasteiger partial charge in [0.2, 0.25) is 0 Å². The fraction of sp³-hybridized carbons (Fsp3) is 0.128. The first-order valence-corrected chi connectivity index (χ1v) is 14.8. The van der Waals surface area contributed by atoms with Gasteiger partial charge in [-0.25, -0.2) is 0 Å². The van der Waals surface area contributed by atoms with Gasteiger partial charge in [0.05, 0.1) is 20.3 Å². The van der Waals surface area contributed by atoms with Gasteiger partial charge in [0.15, 0.2) is 28.5 Å². The number of rotatable bonds is 10. The van der Waals surface area contributed by atoms with E-state index in [4.69, 9.17) is 18.9 Å².